The molecule has 2 aliphatic rings. The average molecular weight is 403 g/mol. The minimum atomic E-state index is -1.08. The van der Waals surface area contributed by atoms with E-state index in [-0.39, 0.29) is 11.9 Å². The second kappa shape index (κ2) is 9.71. The van der Waals surface area contributed by atoms with Gasteiger partial charge in [-0.25, -0.2) is 4.79 Å². The van der Waals surface area contributed by atoms with Crippen LogP contribution in [0.3, 0.4) is 0 Å². The summed E-state index contributed by atoms with van der Waals surface area (Å²) in [5.41, 5.74) is 1.09. The minimum Gasteiger partial charge on any atom is -0.480 e. The van der Waals surface area contributed by atoms with Gasteiger partial charge in [0.15, 0.2) is 0 Å². The molecule has 0 spiro atoms. The summed E-state index contributed by atoms with van der Waals surface area (Å²) in [5, 5.41) is 15.2. The van der Waals surface area contributed by atoms with E-state index in [0.717, 1.165) is 39.0 Å². The van der Waals surface area contributed by atoms with Crippen LogP contribution in [0.2, 0.25) is 0 Å². The summed E-state index contributed by atoms with van der Waals surface area (Å²) in [6.07, 6.45) is 2.33. The number of carboxylic acids is 1. The molecule has 3 rings (SSSR count). The van der Waals surface area contributed by atoms with Crippen LogP contribution in [0.5, 0.6) is 0 Å². The fraction of sp³-hybridized carbons (Fsp3) is 0.550. The van der Waals surface area contributed by atoms with Gasteiger partial charge < -0.3 is 25.5 Å². The fourth-order valence-electron chi connectivity index (χ4n) is 3.91. The molecule has 1 aromatic rings. The van der Waals surface area contributed by atoms with Gasteiger partial charge in [-0.05, 0) is 50.2 Å². The van der Waals surface area contributed by atoms with Crippen molar-refractivity contribution >= 4 is 29.3 Å². The molecular weight excluding hydrogens is 374 g/mol. The average Bonchev–Trinajstić information content (AvgIpc) is 2.73. The van der Waals surface area contributed by atoms with Gasteiger partial charge in [-0.2, -0.15) is 0 Å². The number of carbonyl (C=O) groups excluding carboxylic acids is 2. The molecule has 0 atom stereocenters. The Morgan fingerprint density at radius 3 is 2.28 bits per heavy atom. The number of amides is 3. The molecule has 0 saturated carbocycles. The number of nitrogens with zero attached hydrogens (tertiary/aromatic N) is 3. The van der Waals surface area contributed by atoms with Crippen LogP contribution in [0.25, 0.3) is 0 Å². The van der Waals surface area contributed by atoms with Crippen molar-refractivity contribution in [2.24, 2.45) is 0 Å². The maximum absolute atomic E-state index is 12.6. The first kappa shape index (κ1) is 21.1. The van der Waals surface area contributed by atoms with Gasteiger partial charge in [0.05, 0.1) is 0 Å². The summed E-state index contributed by atoms with van der Waals surface area (Å²) in [7, 11) is 0. The summed E-state index contributed by atoms with van der Waals surface area (Å²) in [6.45, 7) is 6.23. The van der Waals surface area contributed by atoms with Crippen LogP contribution < -0.4 is 15.5 Å². The molecule has 0 unspecified atom stereocenters. The number of carboxylic acid groups (broad SMARTS) is 1. The number of urea groups is 1. The van der Waals surface area contributed by atoms with Crippen LogP contribution in [0.4, 0.5) is 16.2 Å². The standard InChI is InChI=1S/C20H29N5O4/c1-15(26)25(14-19(27)28)18-4-2-16(3-5-18)22-20(29)24-12-10-23(11-13-24)17-6-8-21-9-7-17/h2-5,17,21H,6-14H2,1H3,(H,22,29)(H,27,28). The molecule has 0 aliphatic carbocycles. The number of piperidine rings is 1. The van der Waals surface area contributed by atoms with Crippen molar-refractivity contribution in [1.82, 2.24) is 15.1 Å². The van der Waals surface area contributed by atoms with Gasteiger partial charge in [-0.1, -0.05) is 0 Å². The van der Waals surface area contributed by atoms with Crippen molar-refractivity contribution in [2.75, 3.05) is 56.0 Å². The van der Waals surface area contributed by atoms with Crippen molar-refractivity contribution in [3.05, 3.63) is 24.3 Å². The van der Waals surface area contributed by atoms with Gasteiger partial charge in [-0.3, -0.25) is 14.5 Å². The number of rotatable bonds is 5. The first-order valence-electron chi connectivity index (χ1n) is 10.0. The number of piperazine rings is 1. The molecule has 9 heteroatoms. The van der Waals surface area contributed by atoms with Crippen molar-refractivity contribution in [2.45, 2.75) is 25.8 Å². The Kier molecular flexibility index (Phi) is 7.05. The van der Waals surface area contributed by atoms with Gasteiger partial charge in [0, 0.05) is 50.5 Å². The Labute approximate surface area is 170 Å². The lowest BCUT2D eigenvalue weighted by atomic mass is 10.0. The highest BCUT2D eigenvalue weighted by Crippen LogP contribution is 2.19. The molecule has 2 fully saturated rings. The molecule has 3 amide bonds. The Balaban J connectivity index is 1.51. The Hall–Kier alpha value is -2.65. The molecule has 3 N–H and O–H groups in total. The predicted molar refractivity (Wildman–Crippen MR) is 110 cm³/mol. The molecule has 0 radical (unpaired) electrons. The van der Waals surface area contributed by atoms with Gasteiger partial charge in [0.1, 0.15) is 6.54 Å². The number of hydrogen-bond acceptors (Lipinski definition) is 5. The van der Waals surface area contributed by atoms with E-state index in [1.54, 1.807) is 24.3 Å². The molecule has 158 valence electrons. The zero-order valence-electron chi connectivity index (χ0n) is 16.8. The molecule has 1 aromatic carbocycles. The Morgan fingerprint density at radius 1 is 1.10 bits per heavy atom. The van der Waals surface area contributed by atoms with Crippen LogP contribution in [0.1, 0.15) is 19.8 Å². The zero-order chi connectivity index (χ0) is 20.8. The van der Waals surface area contributed by atoms with Crippen LogP contribution in [0, 0.1) is 0 Å². The topological polar surface area (TPSA) is 105 Å². The third-order valence-corrected chi connectivity index (χ3v) is 5.53. The van der Waals surface area contributed by atoms with E-state index in [4.69, 9.17) is 5.11 Å². The number of benzene rings is 1. The normalized spacial score (nSPS) is 18.3. The highest BCUT2D eigenvalue weighted by molar-refractivity contribution is 5.96. The summed E-state index contributed by atoms with van der Waals surface area (Å²) in [6, 6.07) is 7.09. The summed E-state index contributed by atoms with van der Waals surface area (Å²) >= 11 is 0. The number of carbonyl (C=O) groups is 3. The second-order valence-corrected chi connectivity index (χ2v) is 7.48. The van der Waals surface area contributed by atoms with E-state index in [9.17, 15) is 14.4 Å². The molecule has 2 saturated heterocycles. The highest BCUT2D eigenvalue weighted by Gasteiger charge is 2.27. The molecule has 0 aromatic heterocycles. The van der Waals surface area contributed by atoms with Gasteiger partial charge >= 0.3 is 12.0 Å². The Morgan fingerprint density at radius 2 is 1.72 bits per heavy atom. The van der Waals surface area contributed by atoms with Crippen molar-refractivity contribution in [1.29, 1.82) is 0 Å². The molecule has 9 nitrogen and oxygen atoms in total. The van der Waals surface area contributed by atoms with E-state index in [1.807, 2.05) is 4.90 Å². The van der Waals surface area contributed by atoms with E-state index in [0.29, 0.717) is 30.5 Å². The molecular formula is C20H29N5O4. The van der Waals surface area contributed by atoms with Gasteiger partial charge in [0.2, 0.25) is 5.91 Å². The van der Waals surface area contributed by atoms with E-state index >= 15 is 0 Å². The molecule has 29 heavy (non-hydrogen) atoms. The number of hydrogen-bond donors (Lipinski definition) is 3. The van der Waals surface area contributed by atoms with E-state index in [1.165, 1.54) is 11.8 Å². The summed E-state index contributed by atoms with van der Waals surface area (Å²) in [4.78, 5) is 40.6. The quantitative estimate of drug-likeness (QED) is 0.678. The molecule has 0 bridgehead atoms. The van der Waals surface area contributed by atoms with Crippen molar-refractivity contribution in [3.63, 3.8) is 0 Å². The zero-order valence-corrected chi connectivity index (χ0v) is 16.8. The smallest absolute Gasteiger partial charge is 0.323 e. The van der Waals surface area contributed by atoms with Gasteiger partial charge in [-0.15, -0.1) is 0 Å². The minimum absolute atomic E-state index is 0.142. The first-order chi connectivity index (χ1) is 13.9. The highest BCUT2D eigenvalue weighted by atomic mass is 16.4. The largest absolute Gasteiger partial charge is 0.480 e. The third kappa shape index (κ3) is 5.68. The predicted octanol–water partition coefficient (Wildman–Crippen LogP) is 1.03. The van der Waals surface area contributed by atoms with Crippen molar-refractivity contribution < 1.29 is 19.5 Å². The van der Waals surface area contributed by atoms with E-state index in [2.05, 4.69) is 15.5 Å². The van der Waals surface area contributed by atoms with Crippen LogP contribution >= 0.6 is 0 Å². The summed E-state index contributed by atoms with van der Waals surface area (Å²) in [5.74, 6) is -1.43. The lowest BCUT2D eigenvalue weighted by Crippen LogP contribution is -2.54. The number of aliphatic carboxylic acids is 1. The van der Waals surface area contributed by atoms with Crippen LogP contribution in [-0.2, 0) is 9.59 Å². The Bertz CT molecular complexity index is 725. The number of anilines is 2. The lowest BCUT2D eigenvalue weighted by Gasteiger charge is -2.40. The lowest BCUT2D eigenvalue weighted by molar-refractivity contribution is -0.136. The molecule has 2 heterocycles. The van der Waals surface area contributed by atoms with Crippen LogP contribution in [-0.4, -0.2) is 84.7 Å². The maximum Gasteiger partial charge on any atom is 0.323 e. The SMILES string of the molecule is CC(=O)N(CC(=O)O)c1ccc(NC(=O)N2CCN(C3CCNCC3)CC2)cc1. The number of nitrogens with one attached hydrogen (secondary N) is 2. The monoisotopic (exact) mass is 403 g/mol. The van der Waals surface area contributed by atoms with Gasteiger partial charge in [0.25, 0.3) is 0 Å². The summed E-state index contributed by atoms with van der Waals surface area (Å²) < 4.78 is 0. The molecule has 2 aliphatic heterocycles. The maximum atomic E-state index is 12.6. The van der Waals surface area contributed by atoms with Crippen molar-refractivity contribution in [3.8, 4) is 0 Å². The van der Waals surface area contributed by atoms with E-state index < -0.39 is 12.5 Å². The second-order valence-electron chi connectivity index (χ2n) is 7.48. The first-order valence-corrected chi connectivity index (χ1v) is 10.0. The fourth-order valence-corrected chi connectivity index (χ4v) is 3.91. The third-order valence-electron chi connectivity index (χ3n) is 5.53. The van der Waals surface area contributed by atoms with Crippen LogP contribution in [0.15, 0.2) is 24.3 Å².